The number of amides is 2. The standard InChI is InChI=1S/C17H21N3O3/c21-14-9-13(10-14)16(8-12-3-5-18-6-4-12)20-17(22)19-11-15-2-1-7-23-15/h1-7,13-14,16,21H,8-11H2,(H2,19,20,22). The van der Waals surface area contributed by atoms with Crippen LogP contribution >= 0.6 is 0 Å². The molecule has 1 fully saturated rings. The van der Waals surface area contributed by atoms with Crippen LogP contribution in [0.3, 0.4) is 0 Å². The molecule has 1 aliphatic rings. The SMILES string of the molecule is O=C(NCc1ccco1)NC(Cc1ccncc1)C1CC(O)C1. The van der Waals surface area contributed by atoms with E-state index in [-0.39, 0.29) is 18.2 Å². The fourth-order valence-electron chi connectivity index (χ4n) is 2.87. The van der Waals surface area contributed by atoms with Gasteiger partial charge in [0.1, 0.15) is 5.76 Å². The number of rotatable bonds is 6. The van der Waals surface area contributed by atoms with E-state index >= 15 is 0 Å². The van der Waals surface area contributed by atoms with Crippen LogP contribution in [-0.2, 0) is 13.0 Å². The molecule has 2 aromatic rings. The summed E-state index contributed by atoms with van der Waals surface area (Å²) in [6.07, 6.45) is 7.03. The van der Waals surface area contributed by atoms with Crippen LogP contribution in [0.5, 0.6) is 0 Å². The molecule has 2 aromatic heterocycles. The van der Waals surface area contributed by atoms with Gasteiger partial charge in [-0.2, -0.15) is 0 Å². The van der Waals surface area contributed by atoms with Crippen molar-refractivity contribution >= 4 is 6.03 Å². The molecule has 1 unspecified atom stereocenters. The highest BCUT2D eigenvalue weighted by molar-refractivity contribution is 5.74. The Morgan fingerprint density at radius 3 is 2.78 bits per heavy atom. The van der Waals surface area contributed by atoms with Crippen LogP contribution in [0.15, 0.2) is 47.3 Å². The Balaban J connectivity index is 1.55. The Morgan fingerprint density at radius 2 is 2.13 bits per heavy atom. The average molecular weight is 315 g/mol. The number of hydrogen-bond acceptors (Lipinski definition) is 4. The normalized spacial score (nSPS) is 21.3. The van der Waals surface area contributed by atoms with Gasteiger partial charge in [0, 0.05) is 18.4 Å². The summed E-state index contributed by atoms with van der Waals surface area (Å²) >= 11 is 0. The molecule has 2 heterocycles. The number of carbonyl (C=O) groups is 1. The third kappa shape index (κ3) is 4.32. The zero-order valence-electron chi connectivity index (χ0n) is 12.8. The van der Waals surface area contributed by atoms with Gasteiger partial charge in [0.2, 0.25) is 0 Å². The molecule has 0 saturated heterocycles. The van der Waals surface area contributed by atoms with Gasteiger partial charge in [0.15, 0.2) is 0 Å². The summed E-state index contributed by atoms with van der Waals surface area (Å²) in [7, 11) is 0. The second kappa shape index (κ2) is 7.28. The van der Waals surface area contributed by atoms with Crippen LogP contribution in [0, 0.1) is 5.92 Å². The molecule has 0 aliphatic heterocycles. The monoisotopic (exact) mass is 315 g/mol. The van der Waals surface area contributed by atoms with Crippen molar-refractivity contribution in [2.75, 3.05) is 0 Å². The number of aliphatic hydroxyl groups excluding tert-OH is 1. The molecule has 23 heavy (non-hydrogen) atoms. The molecule has 0 spiro atoms. The lowest BCUT2D eigenvalue weighted by Crippen LogP contribution is -2.50. The highest BCUT2D eigenvalue weighted by atomic mass is 16.3. The number of aromatic nitrogens is 1. The largest absolute Gasteiger partial charge is 0.467 e. The van der Waals surface area contributed by atoms with Crippen molar-refractivity contribution in [3.05, 3.63) is 54.2 Å². The molecular formula is C17H21N3O3. The van der Waals surface area contributed by atoms with Crippen LogP contribution in [0.25, 0.3) is 0 Å². The maximum Gasteiger partial charge on any atom is 0.315 e. The first-order chi connectivity index (χ1) is 11.2. The predicted octanol–water partition coefficient (Wildman–Crippen LogP) is 1.86. The Bertz CT molecular complexity index is 609. The molecule has 3 rings (SSSR count). The van der Waals surface area contributed by atoms with E-state index in [0.717, 1.165) is 24.8 Å². The van der Waals surface area contributed by atoms with Crippen LogP contribution in [-0.4, -0.2) is 28.3 Å². The fraction of sp³-hybridized carbons (Fsp3) is 0.412. The number of pyridine rings is 1. The molecule has 6 heteroatoms. The number of furan rings is 1. The summed E-state index contributed by atoms with van der Waals surface area (Å²) < 4.78 is 5.20. The summed E-state index contributed by atoms with van der Waals surface area (Å²) in [5.41, 5.74) is 1.12. The van der Waals surface area contributed by atoms with E-state index in [1.165, 1.54) is 0 Å². The average Bonchev–Trinajstić information content (AvgIpc) is 3.04. The van der Waals surface area contributed by atoms with Crippen LogP contribution in [0.4, 0.5) is 4.79 Å². The minimum atomic E-state index is -0.243. The third-order valence-electron chi connectivity index (χ3n) is 4.24. The van der Waals surface area contributed by atoms with E-state index < -0.39 is 0 Å². The van der Waals surface area contributed by atoms with Gasteiger partial charge in [-0.05, 0) is 55.0 Å². The number of hydrogen-bond donors (Lipinski definition) is 3. The molecule has 1 saturated carbocycles. The van der Waals surface area contributed by atoms with Gasteiger partial charge in [-0.1, -0.05) is 0 Å². The van der Waals surface area contributed by atoms with Crippen LogP contribution in [0.2, 0.25) is 0 Å². The lowest BCUT2D eigenvalue weighted by atomic mass is 9.75. The van der Waals surface area contributed by atoms with Crippen molar-refractivity contribution in [2.24, 2.45) is 5.92 Å². The van der Waals surface area contributed by atoms with E-state index in [9.17, 15) is 9.90 Å². The Hall–Kier alpha value is -2.34. The number of urea groups is 1. The molecule has 0 aromatic carbocycles. The van der Waals surface area contributed by atoms with Crippen molar-refractivity contribution in [2.45, 2.75) is 38.0 Å². The zero-order chi connectivity index (χ0) is 16.1. The highest BCUT2D eigenvalue weighted by Gasteiger charge is 2.34. The first kappa shape index (κ1) is 15.6. The predicted molar refractivity (Wildman–Crippen MR) is 84.5 cm³/mol. The summed E-state index contributed by atoms with van der Waals surface area (Å²) in [5, 5.41) is 15.4. The summed E-state index contributed by atoms with van der Waals surface area (Å²) in [6.45, 7) is 0.355. The molecular weight excluding hydrogens is 294 g/mol. The second-order valence-electron chi connectivity index (χ2n) is 5.96. The van der Waals surface area contributed by atoms with E-state index in [4.69, 9.17) is 4.42 Å². The molecule has 0 bridgehead atoms. The van der Waals surface area contributed by atoms with Crippen molar-refractivity contribution in [1.29, 1.82) is 0 Å². The molecule has 6 nitrogen and oxygen atoms in total. The van der Waals surface area contributed by atoms with E-state index in [0.29, 0.717) is 18.2 Å². The number of nitrogens with zero attached hydrogens (tertiary/aromatic N) is 1. The summed E-state index contributed by atoms with van der Waals surface area (Å²) in [5.74, 6) is 1.01. The van der Waals surface area contributed by atoms with Crippen molar-refractivity contribution in [3.8, 4) is 0 Å². The van der Waals surface area contributed by atoms with Gasteiger partial charge >= 0.3 is 6.03 Å². The number of carbonyl (C=O) groups excluding carboxylic acids is 1. The molecule has 0 radical (unpaired) electrons. The Morgan fingerprint density at radius 1 is 1.35 bits per heavy atom. The molecule has 1 atom stereocenters. The van der Waals surface area contributed by atoms with E-state index in [2.05, 4.69) is 15.6 Å². The van der Waals surface area contributed by atoms with Crippen LogP contribution in [0.1, 0.15) is 24.2 Å². The minimum Gasteiger partial charge on any atom is -0.467 e. The van der Waals surface area contributed by atoms with Gasteiger partial charge in [0.25, 0.3) is 0 Å². The first-order valence-corrected chi connectivity index (χ1v) is 7.84. The highest BCUT2D eigenvalue weighted by Crippen LogP contribution is 2.31. The Labute approximate surface area is 134 Å². The minimum absolute atomic E-state index is 0.00241. The fourth-order valence-corrected chi connectivity index (χ4v) is 2.87. The number of nitrogens with one attached hydrogen (secondary N) is 2. The van der Waals surface area contributed by atoms with Gasteiger partial charge in [-0.25, -0.2) is 4.79 Å². The molecule has 1 aliphatic carbocycles. The van der Waals surface area contributed by atoms with Gasteiger partial charge in [-0.3, -0.25) is 4.98 Å². The maximum absolute atomic E-state index is 12.1. The van der Waals surface area contributed by atoms with E-state index in [1.807, 2.05) is 18.2 Å². The summed E-state index contributed by atoms with van der Waals surface area (Å²) in [6, 6.07) is 7.28. The quantitative estimate of drug-likeness (QED) is 0.759. The molecule has 122 valence electrons. The third-order valence-corrected chi connectivity index (χ3v) is 4.24. The molecule has 3 N–H and O–H groups in total. The van der Waals surface area contributed by atoms with Crippen LogP contribution < -0.4 is 10.6 Å². The van der Waals surface area contributed by atoms with Crippen molar-refractivity contribution < 1.29 is 14.3 Å². The van der Waals surface area contributed by atoms with Crippen molar-refractivity contribution in [3.63, 3.8) is 0 Å². The summed E-state index contributed by atoms with van der Waals surface area (Å²) in [4.78, 5) is 16.1. The second-order valence-corrected chi connectivity index (χ2v) is 5.96. The maximum atomic E-state index is 12.1. The lowest BCUT2D eigenvalue weighted by Gasteiger charge is -2.38. The first-order valence-electron chi connectivity index (χ1n) is 7.84. The molecule has 2 amide bonds. The Kier molecular flexibility index (Phi) is 4.92. The zero-order valence-corrected chi connectivity index (χ0v) is 12.8. The smallest absolute Gasteiger partial charge is 0.315 e. The topological polar surface area (TPSA) is 87.4 Å². The van der Waals surface area contributed by atoms with Crippen molar-refractivity contribution in [1.82, 2.24) is 15.6 Å². The van der Waals surface area contributed by atoms with Gasteiger partial charge in [-0.15, -0.1) is 0 Å². The van der Waals surface area contributed by atoms with Gasteiger partial charge < -0.3 is 20.2 Å². The lowest BCUT2D eigenvalue weighted by molar-refractivity contribution is 0.0263. The number of aliphatic hydroxyl groups is 1. The van der Waals surface area contributed by atoms with Gasteiger partial charge in [0.05, 0.1) is 18.9 Å². The van der Waals surface area contributed by atoms with E-state index in [1.54, 1.807) is 24.7 Å².